The van der Waals surface area contributed by atoms with Crippen LogP contribution in [0.5, 0.6) is 0 Å². The van der Waals surface area contributed by atoms with Crippen LogP contribution in [-0.2, 0) is 6.42 Å². The van der Waals surface area contributed by atoms with Crippen molar-refractivity contribution in [1.82, 2.24) is 4.90 Å². The van der Waals surface area contributed by atoms with E-state index in [1.807, 2.05) is 0 Å². The molecule has 0 spiro atoms. The molecule has 3 rings (SSSR count). The summed E-state index contributed by atoms with van der Waals surface area (Å²) in [6.45, 7) is 3.13. The first-order valence-corrected chi connectivity index (χ1v) is 10.2. The number of carbonyl (C=O) groups excluding carboxylic acids is 1. The molecule has 0 bridgehead atoms. The normalized spacial score (nSPS) is 15.0. The second kappa shape index (κ2) is 10.2. The molecule has 5 nitrogen and oxygen atoms in total. The van der Waals surface area contributed by atoms with Crippen molar-refractivity contribution in [3.8, 4) is 6.07 Å². The van der Waals surface area contributed by atoms with Crippen LogP contribution in [-0.4, -0.2) is 37.1 Å². The molecule has 0 atom stereocenters. The average molecular weight is 412 g/mol. The number of piperidine rings is 1. The van der Waals surface area contributed by atoms with Crippen LogP contribution < -0.4 is 10.6 Å². The predicted octanol–water partition coefficient (Wildman–Crippen LogP) is 4.07. The van der Waals surface area contributed by atoms with Gasteiger partial charge in [0.2, 0.25) is 0 Å². The lowest BCUT2D eigenvalue weighted by molar-refractivity contribution is 0.182. The molecule has 1 heterocycles. The Morgan fingerprint density at radius 3 is 2.63 bits per heavy atom. The van der Waals surface area contributed by atoms with E-state index in [1.54, 1.807) is 24.3 Å². The zero-order valence-corrected chi connectivity index (χ0v) is 16.9. The summed E-state index contributed by atoms with van der Waals surface area (Å²) in [4.78, 5) is 15.7. The van der Waals surface area contributed by atoms with E-state index in [2.05, 4.69) is 11.0 Å². The zero-order chi connectivity index (χ0) is 21.5. The van der Waals surface area contributed by atoms with Crippen LogP contribution in [0.25, 0.3) is 0 Å². The molecule has 2 aromatic rings. The Morgan fingerprint density at radius 1 is 1.20 bits per heavy atom. The molecule has 2 amide bonds. The Labute approximate surface area is 175 Å². The number of nitriles is 1. The van der Waals surface area contributed by atoms with Crippen LogP contribution in [0.1, 0.15) is 30.4 Å². The molecule has 158 valence electrons. The zero-order valence-electron chi connectivity index (χ0n) is 16.9. The number of likely N-dealkylation sites (tertiary alicyclic amines) is 1. The van der Waals surface area contributed by atoms with Crippen LogP contribution in [0.3, 0.4) is 0 Å². The Bertz CT molecular complexity index is 920. The average Bonchev–Trinajstić information content (AvgIpc) is 2.74. The van der Waals surface area contributed by atoms with Gasteiger partial charge in [0.15, 0.2) is 0 Å². The number of nitrogens with two attached hydrogens (primary N) is 1. The monoisotopic (exact) mass is 412 g/mol. The van der Waals surface area contributed by atoms with Crippen molar-refractivity contribution in [2.75, 3.05) is 31.1 Å². The summed E-state index contributed by atoms with van der Waals surface area (Å²) in [5, 5.41) is 9.04. The van der Waals surface area contributed by atoms with Crippen LogP contribution in [0.15, 0.2) is 42.5 Å². The number of primary amides is 1. The highest BCUT2D eigenvalue weighted by Crippen LogP contribution is 2.24. The summed E-state index contributed by atoms with van der Waals surface area (Å²) >= 11 is 0. The lowest BCUT2D eigenvalue weighted by Crippen LogP contribution is -2.39. The number of hydrogen-bond donors (Lipinski definition) is 1. The van der Waals surface area contributed by atoms with Crippen molar-refractivity contribution >= 4 is 11.7 Å². The largest absolute Gasteiger partial charge is 0.351 e. The maximum atomic E-state index is 13.9. The molecule has 2 N–H and O–H groups in total. The van der Waals surface area contributed by atoms with Gasteiger partial charge in [-0.25, -0.2) is 13.6 Å². The summed E-state index contributed by atoms with van der Waals surface area (Å²) in [6, 6.07) is 12.2. The van der Waals surface area contributed by atoms with Gasteiger partial charge in [0.05, 0.1) is 11.6 Å². The van der Waals surface area contributed by atoms with E-state index in [0.29, 0.717) is 35.7 Å². The molecule has 7 heteroatoms. The summed E-state index contributed by atoms with van der Waals surface area (Å²) < 4.78 is 26.9. The number of benzene rings is 2. The van der Waals surface area contributed by atoms with E-state index in [0.717, 1.165) is 45.0 Å². The highest BCUT2D eigenvalue weighted by Gasteiger charge is 2.21. The van der Waals surface area contributed by atoms with Gasteiger partial charge in [0.1, 0.15) is 11.6 Å². The van der Waals surface area contributed by atoms with Gasteiger partial charge in [-0.15, -0.1) is 0 Å². The molecular weight excluding hydrogens is 386 g/mol. The van der Waals surface area contributed by atoms with Crippen molar-refractivity contribution in [1.29, 1.82) is 5.26 Å². The number of nitrogens with zero attached hydrogens (tertiary/aromatic N) is 3. The maximum Gasteiger partial charge on any atom is 0.319 e. The molecule has 1 fully saturated rings. The number of anilines is 1. The minimum absolute atomic E-state index is 0.386. The first kappa shape index (κ1) is 21.7. The van der Waals surface area contributed by atoms with Crippen LogP contribution >= 0.6 is 0 Å². The van der Waals surface area contributed by atoms with Gasteiger partial charge in [0.25, 0.3) is 0 Å². The minimum atomic E-state index is -0.546. The second-order valence-corrected chi connectivity index (χ2v) is 7.73. The quantitative estimate of drug-likeness (QED) is 0.745. The Hall–Kier alpha value is -2.98. The number of hydrogen-bond acceptors (Lipinski definition) is 3. The van der Waals surface area contributed by atoms with Gasteiger partial charge in [0, 0.05) is 18.3 Å². The van der Waals surface area contributed by atoms with Gasteiger partial charge in [-0.2, -0.15) is 5.26 Å². The standard InChI is InChI=1S/C23H26F2N4O/c24-20-6-5-19(22(25)15-20)13-17-7-11-28(12-8-17)9-2-10-29(23(27)30)21-4-1-3-18(14-21)16-26/h1,3-6,14-15,17H,2,7-13H2,(H2,27,30). The summed E-state index contributed by atoms with van der Waals surface area (Å²) in [5.41, 5.74) is 7.22. The Morgan fingerprint density at radius 2 is 1.97 bits per heavy atom. The van der Waals surface area contributed by atoms with E-state index in [4.69, 9.17) is 11.0 Å². The topological polar surface area (TPSA) is 73.4 Å². The van der Waals surface area contributed by atoms with Crippen LogP contribution in [0, 0.1) is 28.9 Å². The second-order valence-electron chi connectivity index (χ2n) is 7.73. The van der Waals surface area contributed by atoms with Crippen molar-refractivity contribution in [2.45, 2.75) is 25.7 Å². The lowest BCUT2D eigenvalue weighted by Gasteiger charge is -2.32. The fourth-order valence-corrected chi connectivity index (χ4v) is 3.97. The fraction of sp³-hybridized carbons (Fsp3) is 0.391. The van der Waals surface area contributed by atoms with E-state index in [1.165, 1.54) is 17.0 Å². The Kier molecular flexibility index (Phi) is 7.36. The molecule has 1 saturated heterocycles. The minimum Gasteiger partial charge on any atom is -0.351 e. The molecule has 1 aliphatic heterocycles. The Balaban J connectivity index is 1.45. The molecule has 2 aromatic carbocycles. The maximum absolute atomic E-state index is 13.9. The molecule has 0 radical (unpaired) electrons. The molecule has 0 aliphatic carbocycles. The summed E-state index contributed by atoms with van der Waals surface area (Å²) in [5.74, 6) is -0.628. The van der Waals surface area contributed by atoms with Crippen LogP contribution in [0.2, 0.25) is 0 Å². The number of halogens is 2. The van der Waals surface area contributed by atoms with Gasteiger partial charge < -0.3 is 10.6 Å². The van der Waals surface area contributed by atoms with Gasteiger partial charge in [-0.05, 0) is 81.1 Å². The van der Waals surface area contributed by atoms with Crippen LogP contribution in [0.4, 0.5) is 19.3 Å². The third kappa shape index (κ3) is 5.77. The summed E-state index contributed by atoms with van der Waals surface area (Å²) in [6.07, 6.45) is 3.31. The van der Waals surface area contributed by atoms with Gasteiger partial charge in [-0.1, -0.05) is 12.1 Å². The van der Waals surface area contributed by atoms with Crippen molar-refractivity contribution in [3.63, 3.8) is 0 Å². The van der Waals surface area contributed by atoms with Crippen molar-refractivity contribution in [3.05, 3.63) is 65.2 Å². The lowest BCUT2D eigenvalue weighted by atomic mass is 9.90. The van der Waals surface area contributed by atoms with E-state index in [-0.39, 0.29) is 0 Å². The first-order chi connectivity index (χ1) is 14.5. The molecule has 1 aliphatic rings. The number of urea groups is 1. The van der Waals surface area contributed by atoms with E-state index < -0.39 is 17.7 Å². The smallest absolute Gasteiger partial charge is 0.319 e. The van der Waals surface area contributed by atoms with E-state index >= 15 is 0 Å². The first-order valence-electron chi connectivity index (χ1n) is 10.2. The highest BCUT2D eigenvalue weighted by atomic mass is 19.1. The SMILES string of the molecule is N#Cc1cccc(N(CCCN2CCC(Cc3ccc(F)cc3F)CC2)C(N)=O)c1. The molecular formula is C23H26F2N4O. The van der Waals surface area contributed by atoms with Crippen molar-refractivity contribution in [2.24, 2.45) is 11.7 Å². The number of carbonyl (C=O) groups is 1. The van der Waals surface area contributed by atoms with Crippen molar-refractivity contribution < 1.29 is 13.6 Å². The number of amides is 2. The molecule has 0 saturated carbocycles. The molecule has 0 aromatic heterocycles. The molecule has 0 unspecified atom stereocenters. The number of rotatable bonds is 7. The van der Waals surface area contributed by atoms with E-state index in [9.17, 15) is 13.6 Å². The third-order valence-electron chi connectivity index (χ3n) is 5.64. The van der Waals surface area contributed by atoms with Gasteiger partial charge in [-0.3, -0.25) is 4.90 Å². The third-order valence-corrected chi connectivity index (χ3v) is 5.64. The highest BCUT2D eigenvalue weighted by molar-refractivity contribution is 5.90. The fourth-order valence-electron chi connectivity index (χ4n) is 3.97. The summed E-state index contributed by atoms with van der Waals surface area (Å²) in [7, 11) is 0. The molecule has 30 heavy (non-hydrogen) atoms. The predicted molar refractivity (Wildman–Crippen MR) is 112 cm³/mol. The van der Waals surface area contributed by atoms with Gasteiger partial charge >= 0.3 is 6.03 Å².